The monoisotopic (exact) mass is 336 g/mol. The molecule has 0 aliphatic carbocycles. The lowest BCUT2D eigenvalue weighted by molar-refractivity contribution is 0.0998. The van der Waals surface area contributed by atoms with Gasteiger partial charge in [0.15, 0.2) is 23.1 Å². The molecular formula is C21H20O4. The van der Waals surface area contributed by atoms with Crippen molar-refractivity contribution in [2.24, 2.45) is 0 Å². The van der Waals surface area contributed by atoms with Crippen LogP contribution in [0.5, 0.6) is 0 Å². The molecule has 0 fully saturated rings. The Morgan fingerprint density at radius 3 is 0.960 bits per heavy atom. The summed E-state index contributed by atoms with van der Waals surface area (Å²) in [5.41, 5.74) is 3.45. The smallest absolute Gasteiger partial charge is 0.159 e. The molecule has 0 bridgehead atoms. The topological polar surface area (TPSA) is 68.3 Å². The van der Waals surface area contributed by atoms with Gasteiger partial charge in [0.05, 0.1) is 0 Å². The van der Waals surface area contributed by atoms with Crippen molar-refractivity contribution >= 4 is 23.1 Å². The van der Waals surface area contributed by atoms with Gasteiger partial charge in [-0.3, -0.25) is 19.2 Å². The van der Waals surface area contributed by atoms with Crippen molar-refractivity contribution in [2.45, 2.75) is 34.1 Å². The van der Waals surface area contributed by atoms with Crippen LogP contribution >= 0.6 is 0 Å². The van der Waals surface area contributed by atoms with Crippen LogP contribution in [0.15, 0.2) is 36.4 Å². The van der Waals surface area contributed by atoms with Gasteiger partial charge in [-0.1, -0.05) is 0 Å². The van der Waals surface area contributed by atoms with E-state index >= 15 is 0 Å². The molecule has 128 valence electrons. The van der Waals surface area contributed by atoms with E-state index in [0.29, 0.717) is 28.7 Å². The lowest BCUT2D eigenvalue weighted by atomic mass is 9.94. The van der Waals surface area contributed by atoms with E-state index in [1.165, 1.54) is 27.7 Å². The third-order valence-electron chi connectivity index (χ3n) is 4.02. The van der Waals surface area contributed by atoms with Crippen LogP contribution in [-0.4, -0.2) is 23.1 Å². The Hall–Kier alpha value is -2.88. The maximum absolute atomic E-state index is 11.7. The molecule has 25 heavy (non-hydrogen) atoms. The van der Waals surface area contributed by atoms with E-state index in [-0.39, 0.29) is 23.1 Å². The number of carbonyl (C=O) groups excluding carboxylic acids is 4. The fourth-order valence-electron chi connectivity index (χ4n) is 2.64. The summed E-state index contributed by atoms with van der Waals surface area (Å²) >= 11 is 0. The van der Waals surface area contributed by atoms with E-state index in [1.807, 2.05) is 0 Å². The van der Waals surface area contributed by atoms with Gasteiger partial charge < -0.3 is 0 Å². The highest BCUT2D eigenvalue weighted by Gasteiger charge is 2.11. The van der Waals surface area contributed by atoms with Gasteiger partial charge in [-0.05, 0) is 81.6 Å². The van der Waals surface area contributed by atoms with Crippen LogP contribution in [0.3, 0.4) is 0 Å². The van der Waals surface area contributed by atoms with Gasteiger partial charge in [-0.2, -0.15) is 0 Å². The Balaban J connectivity index is 2.51. The zero-order valence-corrected chi connectivity index (χ0v) is 14.8. The predicted octanol–water partition coefficient (Wildman–Crippen LogP) is 4.09. The van der Waals surface area contributed by atoms with Gasteiger partial charge in [0.1, 0.15) is 0 Å². The number of rotatable bonds is 6. The maximum atomic E-state index is 11.7. The van der Waals surface area contributed by atoms with E-state index in [2.05, 4.69) is 0 Å². The van der Waals surface area contributed by atoms with E-state index in [0.717, 1.165) is 11.1 Å². The average molecular weight is 336 g/mol. The van der Waals surface area contributed by atoms with Crippen LogP contribution in [0.1, 0.15) is 80.3 Å². The number of carbonyl (C=O) groups is 4. The van der Waals surface area contributed by atoms with Crippen LogP contribution in [0.25, 0.3) is 0 Å². The van der Waals surface area contributed by atoms with Crippen LogP contribution in [0, 0.1) is 0 Å². The molecule has 0 amide bonds. The Bertz CT molecular complexity index is 753. The molecule has 0 aliphatic rings. The molecule has 0 N–H and O–H groups in total. The first kappa shape index (κ1) is 18.5. The van der Waals surface area contributed by atoms with Crippen molar-refractivity contribution in [2.75, 3.05) is 0 Å². The molecule has 0 spiro atoms. The van der Waals surface area contributed by atoms with Crippen molar-refractivity contribution in [1.29, 1.82) is 0 Å². The number of hydrogen-bond acceptors (Lipinski definition) is 4. The van der Waals surface area contributed by atoms with Gasteiger partial charge >= 0.3 is 0 Å². The molecule has 0 aromatic heterocycles. The van der Waals surface area contributed by atoms with Gasteiger partial charge in [0.2, 0.25) is 0 Å². The van der Waals surface area contributed by atoms with Crippen molar-refractivity contribution in [3.8, 4) is 0 Å². The Morgan fingerprint density at radius 1 is 0.520 bits per heavy atom. The van der Waals surface area contributed by atoms with Gasteiger partial charge in [0.25, 0.3) is 0 Å². The third-order valence-corrected chi connectivity index (χ3v) is 4.02. The summed E-state index contributed by atoms with van der Waals surface area (Å²) in [6, 6.07) is 10.1. The van der Waals surface area contributed by atoms with Crippen LogP contribution < -0.4 is 0 Å². The minimum atomic E-state index is -0.119. The largest absolute Gasteiger partial charge is 0.295 e. The fourth-order valence-corrected chi connectivity index (χ4v) is 2.64. The van der Waals surface area contributed by atoms with Crippen LogP contribution in [0.2, 0.25) is 0 Å². The molecule has 0 saturated carbocycles. The molecule has 2 aromatic rings. The molecule has 4 heteroatoms. The molecule has 0 heterocycles. The third kappa shape index (κ3) is 4.57. The molecule has 2 aromatic carbocycles. The molecular weight excluding hydrogens is 316 g/mol. The number of Topliss-reactive ketones (excluding diaryl/α,β-unsaturated/α-hetero) is 4. The van der Waals surface area contributed by atoms with E-state index < -0.39 is 0 Å². The molecule has 2 rings (SSSR count). The van der Waals surface area contributed by atoms with Crippen molar-refractivity contribution in [3.63, 3.8) is 0 Å². The van der Waals surface area contributed by atoms with E-state index in [1.54, 1.807) is 36.4 Å². The van der Waals surface area contributed by atoms with Crippen LogP contribution in [-0.2, 0) is 6.42 Å². The predicted molar refractivity (Wildman–Crippen MR) is 95.7 cm³/mol. The summed E-state index contributed by atoms with van der Waals surface area (Å²) in [5.74, 6) is -0.477. The molecule has 0 unspecified atom stereocenters. The first-order valence-corrected chi connectivity index (χ1v) is 7.99. The maximum Gasteiger partial charge on any atom is 0.159 e. The highest BCUT2D eigenvalue weighted by Crippen LogP contribution is 2.19. The Kier molecular flexibility index (Phi) is 5.42. The zero-order valence-electron chi connectivity index (χ0n) is 14.8. The molecule has 0 atom stereocenters. The van der Waals surface area contributed by atoms with Gasteiger partial charge in [-0.25, -0.2) is 0 Å². The van der Waals surface area contributed by atoms with E-state index in [9.17, 15) is 19.2 Å². The summed E-state index contributed by atoms with van der Waals surface area (Å²) in [4.78, 5) is 46.8. The first-order valence-electron chi connectivity index (χ1n) is 7.99. The Labute approximate surface area is 146 Å². The van der Waals surface area contributed by atoms with Crippen molar-refractivity contribution in [1.82, 2.24) is 0 Å². The summed E-state index contributed by atoms with van der Waals surface area (Å²) in [6.45, 7) is 5.81. The molecule has 0 aliphatic heterocycles. The lowest BCUT2D eigenvalue weighted by Crippen LogP contribution is -2.04. The molecule has 4 nitrogen and oxygen atoms in total. The summed E-state index contributed by atoms with van der Waals surface area (Å²) < 4.78 is 0. The summed E-state index contributed by atoms with van der Waals surface area (Å²) in [7, 11) is 0. The van der Waals surface area contributed by atoms with E-state index in [4.69, 9.17) is 0 Å². The highest BCUT2D eigenvalue weighted by molar-refractivity contribution is 6.01. The highest BCUT2D eigenvalue weighted by atomic mass is 16.1. The van der Waals surface area contributed by atoms with Crippen molar-refractivity contribution in [3.05, 3.63) is 69.8 Å². The summed E-state index contributed by atoms with van der Waals surface area (Å²) in [6.07, 6.45) is 0.419. The van der Waals surface area contributed by atoms with Gasteiger partial charge in [0, 0.05) is 22.3 Å². The molecule has 0 saturated heterocycles. The first-order chi connectivity index (χ1) is 11.7. The minimum Gasteiger partial charge on any atom is -0.295 e. The number of ketones is 4. The normalized spacial score (nSPS) is 10.4. The zero-order chi connectivity index (χ0) is 18.7. The SMILES string of the molecule is CC(=O)c1cc(Cc2cc(C(C)=O)cc(C(C)=O)c2)cc(C(C)=O)c1. The second kappa shape index (κ2) is 7.34. The minimum absolute atomic E-state index is 0.119. The van der Waals surface area contributed by atoms with Gasteiger partial charge in [-0.15, -0.1) is 0 Å². The Morgan fingerprint density at radius 2 is 0.760 bits per heavy atom. The fraction of sp³-hybridized carbons (Fsp3) is 0.238. The van der Waals surface area contributed by atoms with Crippen molar-refractivity contribution < 1.29 is 19.2 Å². The van der Waals surface area contributed by atoms with Crippen LogP contribution in [0.4, 0.5) is 0 Å². The molecule has 0 radical (unpaired) electrons. The lowest BCUT2D eigenvalue weighted by Gasteiger charge is -2.09. The summed E-state index contributed by atoms with van der Waals surface area (Å²) in [5, 5.41) is 0. The second-order valence-electron chi connectivity index (χ2n) is 6.24. The average Bonchev–Trinajstić information content (AvgIpc) is 2.53. The number of benzene rings is 2. The second-order valence-corrected chi connectivity index (χ2v) is 6.24. The standard InChI is InChI=1S/C21H20O4/c1-12(22)18-6-16(7-19(10-18)13(2)23)5-17-8-20(14(3)24)11-21(9-17)15(4)25/h6-11H,5H2,1-4H3. The number of hydrogen-bond donors (Lipinski definition) is 0. The quantitative estimate of drug-likeness (QED) is 0.745.